The lowest BCUT2D eigenvalue weighted by molar-refractivity contribution is -0.0482. The maximum absolute atomic E-state index is 14.3. The number of rotatable bonds is 7. The predicted molar refractivity (Wildman–Crippen MR) is 82.4 cm³/mol. The van der Waals surface area contributed by atoms with Crippen molar-refractivity contribution >= 4 is 21.5 Å². The first-order chi connectivity index (χ1) is 12.3. The van der Waals surface area contributed by atoms with Crippen molar-refractivity contribution in [2.24, 2.45) is 0 Å². The van der Waals surface area contributed by atoms with E-state index in [-0.39, 0.29) is 11.4 Å². The third-order valence-corrected chi connectivity index (χ3v) is 5.57. The van der Waals surface area contributed by atoms with Crippen molar-refractivity contribution in [1.82, 2.24) is 9.55 Å². The summed E-state index contributed by atoms with van der Waals surface area (Å²) in [6, 6.07) is 0. The Bertz CT molecular complexity index is 844. The first-order valence-electron chi connectivity index (χ1n) is 7.06. The third kappa shape index (κ3) is 5.39. The van der Waals surface area contributed by atoms with Crippen molar-refractivity contribution in [3.63, 3.8) is 0 Å². The zero-order valence-electron chi connectivity index (χ0n) is 13.4. The SMILES string of the molecule is Cc1cn([C@H]2O[C@@H](COP(=O)(O)OP(=O)(O)O)[C@@H](O)C2F)c(=O)nc1NO. The standard InChI is InChI=1S/C10H16FN3O11P2/c1-4-2-14(10(16)12-8(4)13-17)9-6(11)7(15)5(24-9)3-23-27(21,22)25-26(18,19)20/h2,5-7,9,15,17H,3H2,1H3,(H,21,22)(H,12,13,16)(H2,18,19,20)/t5-,6?,7+,9-/m0/s1. The summed E-state index contributed by atoms with van der Waals surface area (Å²) in [4.78, 5) is 41.5. The van der Waals surface area contributed by atoms with Gasteiger partial charge in [-0.2, -0.15) is 9.29 Å². The van der Waals surface area contributed by atoms with Gasteiger partial charge in [-0.1, -0.05) is 0 Å². The van der Waals surface area contributed by atoms with E-state index < -0.39 is 52.5 Å². The molecule has 0 aliphatic carbocycles. The van der Waals surface area contributed by atoms with Gasteiger partial charge in [0.05, 0.1) is 6.61 Å². The summed E-state index contributed by atoms with van der Waals surface area (Å²) in [7, 11) is -10.6. The van der Waals surface area contributed by atoms with Gasteiger partial charge >= 0.3 is 21.3 Å². The van der Waals surface area contributed by atoms with Crippen LogP contribution in [0.2, 0.25) is 0 Å². The molecule has 5 atom stereocenters. The van der Waals surface area contributed by atoms with E-state index in [4.69, 9.17) is 19.7 Å². The van der Waals surface area contributed by atoms with Crippen LogP contribution in [-0.4, -0.2) is 59.5 Å². The van der Waals surface area contributed by atoms with E-state index in [0.717, 1.165) is 6.20 Å². The van der Waals surface area contributed by atoms with Gasteiger partial charge in [0.15, 0.2) is 18.2 Å². The normalized spacial score (nSPS) is 28.1. The molecule has 1 fully saturated rings. The predicted octanol–water partition coefficient (Wildman–Crippen LogP) is -0.824. The molecule has 1 aliphatic rings. The summed E-state index contributed by atoms with van der Waals surface area (Å²) in [5.41, 5.74) is 0.875. The summed E-state index contributed by atoms with van der Waals surface area (Å²) >= 11 is 0. The number of hydrogen-bond acceptors (Lipinski definition) is 10. The molecular formula is C10H16FN3O11P2. The second-order valence-corrected chi connectivity index (χ2v) is 8.24. The van der Waals surface area contributed by atoms with E-state index in [0.29, 0.717) is 4.57 Å². The lowest BCUT2D eigenvalue weighted by atomic mass is 10.1. The topological polar surface area (TPSA) is 210 Å². The van der Waals surface area contributed by atoms with Crippen LogP contribution in [0.5, 0.6) is 0 Å². The highest BCUT2D eigenvalue weighted by Gasteiger charge is 2.47. The Morgan fingerprint density at radius 3 is 2.59 bits per heavy atom. The van der Waals surface area contributed by atoms with Crippen LogP contribution < -0.4 is 11.2 Å². The van der Waals surface area contributed by atoms with Gasteiger partial charge in [-0.3, -0.25) is 19.8 Å². The van der Waals surface area contributed by atoms with Gasteiger partial charge in [0.25, 0.3) is 0 Å². The van der Waals surface area contributed by atoms with Gasteiger partial charge in [0.2, 0.25) is 0 Å². The zero-order valence-corrected chi connectivity index (χ0v) is 15.2. The lowest BCUT2D eigenvalue weighted by Crippen LogP contribution is -2.34. The Balaban J connectivity index is 2.14. The summed E-state index contributed by atoms with van der Waals surface area (Å²) in [6.07, 6.45) is -6.25. The quantitative estimate of drug-likeness (QED) is 0.229. The van der Waals surface area contributed by atoms with Gasteiger partial charge in [0.1, 0.15) is 12.2 Å². The third-order valence-electron chi connectivity index (χ3n) is 3.42. The van der Waals surface area contributed by atoms with E-state index in [2.05, 4.69) is 13.8 Å². The minimum absolute atomic E-state index is 0.180. The average Bonchev–Trinajstić information content (AvgIpc) is 2.80. The van der Waals surface area contributed by atoms with Crippen LogP contribution in [0, 0.1) is 6.92 Å². The van der Waals surface area contributed by atoms with Crippen molar-refractivity contribution in [2.45, 2.75) is 31.5 Å². The molecule has 2 unspecified atom stereocenters. The summed E-state index contributed by atoms with van der Waals surface area (Å²) in [6.45, 7) is 0.450. The number of halogens is 1. The molecule has 0 spiro atoms. The fourth-order valence-corrected chi connectivity index (χ4v) is 3.85. The maximum atomic E-state index is 14.3. The van der Waals surface area contributed by atoms with Crippen molar-refractivity contribution in [2.75, 3.05) is 12.1 Å². The maximum Gasteiger partial charge on any atom is 0.481 e. The molecule has 17 heteroatoms. The molecule has 0 saturated carbocycles. The Morgan fingerprint density at radius 2 is 2.04 bits per heavy atom. The number of ether oxygens (including phenoxy) is 1. The molecule has 154 valence electrons. The Hall–Kier alpha value is -1.25. The van der Waals surface area contributed by atoms with Crippen LogP contribution in [0.1, 0.15) is 11.8 Å². The van der Waals surface area contributed by atoms with E-state index in [1.807, 2.05) is 0 Å². The number of aliphatic hydroxyl groups is 1. The van der Waals surface area contributed by atoms with Crippen LogP contribution in [0.15, 0.2) is 11.0 Å². The van der Waals surface area contributed by atoms with E-state index >= 15 is 0 Å². The van der Waals surface area contributed by atoms with Gasteiger partial charge in [-0.05, 0) is 6.92 Å². The van der Waals surface area contributed by atoms with Gasteiger partial charge in [-0.25, -0.2) is 18.3 Å². The molecule has 6 N–H and O–H groups in total. The van der Waals surface area contributed by atoms with E-state index in [1.54, 1.807) is 5.48 Å². The molecule has 1 aromatic heterocycles. The number of aryl methyl sites for hydroxylation is 1. The van der Waals surface area contributed by atoms with Gasteiger partial charge in [-0.15, -0.1) is 0 Å². The van der Waals surface area contributed by atoms with Crippen molar-refractivity contribution in [3.8, 4) is 0 Å². The number of anilines is 1. The number of phosphoric acid groups is 2. The highest BCUT2D eigenvalue weighted by Crippen LogP contribution is 2.57. The molecule has 1 saturated heterocycles. The van der Waals surface area contributed by atoms with Crippen molar-refractivity contribution in [3.05, 3.63) is 22.2 Å². The molecule has 0 amide bonds. The molecule has 0 radical (unpaired) electrons. The largest absolute Gasteiger partial charge is 0.481 e. The molecule has 1 aliphatic heterocycles. The Kier molecular flexibility index (Phi) is 6.54. The van der Waals surface area contributed by atoms with Crippen LogP contribution >= 0.6 is 15.6 Å². The number of hydrogen-bond donors (Lipinski definition) is 6. The molecular weight excluding hydrogens is 419 g/mol. The van der Waals surface area contributed by atoms with Crippen LogP contribution in [-0.2, 0) is 22.7 Å². The van der Waals surface area contributed by atoms with Crippen LogP contribution in [0.4, 0.5) is 10.2 Å². The summed E-state index contributed by atoms with van der Waals surface area (Å²) in [5, 5.41) is 18.7. The molecule has 0 bridgehead atoms. The number of nitrogens with zero attached hydrogens (tertiary/aromatic N) is 2. The molecule has 14 nitrogen and oxygen atoms in total. The number of aromatic nitrogens is 2. The lowest BCUT2D eigenvalue weighted by Gasteiger charge is -2.18. The average molecular weight is 435 g/mol. The first kappa shape index (κ1) is 22.0. The Labute approximate surface area is 150 Å². The zero-order chi connectivity index (χ0) is 20.6. The number of nitrogens with one attached hydrogen (secondary N) is 1. The van der Waals surface area contributed by atoms with E-state index in [9.17, 15) is 28.3 Å². The molecule has 0 aromatic carbocycles. The highest BCUT2D eigenvalue weighted by molar-refractivity contribution is 7.60. The van der Waals surface area contributed by atoms with Crippen LogP contribution in [0.3, 0.4) is 0 Å². The minimum atomic E-state index is -5.35. The number of phosphoric ester groups is 1. The van der Waals surface area contributed by atoms with Crippen molar-refractivity contribution in [1.29, 1.82) is 0 Å². The fraction of sp³-hybridized carbons (Fsp3) is 0.600. The van der Waals surface area contributed by atoms with Gasteiger partial charge < -0.3 is 24.5 Å². The monoisotopic (exact) mass is 435 g/mol. The first-order valence-corrected chi connectivity index (χ1v) is 10.1. The molecule has 27 heavy (non-hydrogen) atoms. The molecule has 1 aromatic rings. The highest BCUT2D eigenvalue weighted by atomic mass is 31.3. The minimum Gasteiger partial charge on any atom is -0.387 e. The Morgan fingerprint density at radius 1 is 1.41 bits per heavy atom. The molecule has 2 rings (SSSR count). The summed E-state index contributed by atoms with van der Waals surface area (Å²) < 4.78 is 49.9. The van der Waals surface area contributed by atoms with Crippen molar-refractivity contribution < 1.29 is 52.1 Å². The second-order valence-electron chi connectivity index (χ2n) is 5.41. The second kappa shape index (κ2) is 8.01. The van der Waals surface area contributed by atoms with Crippen LogP contribution in [0.25, 0.3) is 0 Å². The van der Waals surface area contributed by atoms with Gasteiger partial charge in [0, 0.05) is 11.8 Å². The summed E-state index contributed by atoms with van der Waals surface area (Å²) in [5.74, 6) is -0.180. The smallest absolute Gasteiger partial charge is 0.387 e. The van der Waals surface area contributed by atoms with E-state index in [1.165, 1.54) is 6.92 Å². The molecule has 2 heterocycles. The number of aliphatic hydroxyl groups excluding tert-OH is 1. The number of alkyl halides is 1. The fourth-order valence-electron chi connectivity index (χ4n) is 2.25.